The van der Waals surface area contributed by atoms with Crippen LogP contribution in [0.2, 0.25) is 0 Å². The standard InChI is InChI=1S/C8H19O3P/c1-4-5-7(2)6-8(3)12(9,10)11/h7-8H,4-6H2,1-3H3,(H2,9,10,11). The number of hydrogen-bond donors (Lipinski definition) is 2. The van der Waals surface area contributed by atoms with E-state index in [1.165, 1.54) is 0 Å². The van der Waals surface area contributed by atoms with Crippen molar-refractivity contribution in [2.45, 2.75) is 45.7 Å². The van der Waals surface area contributed by atoms with E-state index in [9.17, 15) is 4.57 Å². The van der Waals surface area contributed by atoms with Gasteiger partial charge in [0.2, 0.25) is 0 Å². The van der Waals surface area contributed by atoms with Gasteiger partial charge < -0.3 is 9.79 Å². The van der Waals surface area contributed by atoms with Crippen molar-refractivity contribution in [2.75, 3.05) is 0 Å². The summed E-state index contributed by atoms with van der Waals surface area (Å²) in [5.74, 6) is 0.414. The maximum absolute atomic E-state index is 10.8. The van der Waals surface area contributed by atoms with Crippen LogP contribution >= 0.6 is 7.60 Å². The first-order chi connectivity index (χ1) is 5.38. The van der Waals surface area contributed by atoms with Gasteiger partial charge in [-0.15, -0.1) is 0 Å². The molecule has 0 aliphatic heterocycles. The zero-order chi connectivity index (χ0) is 9.78. The zero-order valence-electron chi connectivity index (χ0n) is 8.03. The van der Waals surface area contributed by atoms with Gasteiger partial charge in [-0.05, 0) is 12.3 Å². The van der Waals surface area contributed by atoms with Gasteiger partial charge in [-0.25, -0.2) is 0 Å². The Morgan fingerprint density at radius 2 is 1.83 bits per heavy atom. The van der Waals surface area contributed by atoms with Crippen molar-refractivity contribution in [2.24, 2.45) is 5.92 Å². The van der Waals surface area contributed by atoms with Crippen molar-refractivity contribution >= 4 is 7.60 Å². The molecule has 2 atom stereocenters. The molecule has 0 aromatic rings. The van der Waals surface area contributed by atoms with Gasteiger partial charge in [0.05, 0.1) is 5.66 Å². The molecule has 0 radical (unpaired) electrons. The van der Waals surface area contributed by atoms with E-state index in [0.29, 0.717) is 12.3 Å². The third kappa shape index (κ3) is 4.91. The van der Waals surface area contributed by atoms with Crippen LogP contribution in [0.25, 0.3) is 0 Å². The average molecular weight is 194 g/mol. The number of hydrogen-bond acceptors (Lipinski definition) is 1. The first kappa shape index (κ1) is 12.2. The monoisotopic (exact) mass is 194 g/mol. The lowest BCUT2D eigenvalue weighted by atomic mass is 10.0. The van der Waals surface area contributed by atoms with E-state index in [1.807, 2.05) is 6.92 Å². The summed E-state index contributed by atoms with van der Waals surface area (Å²) in [6, 6.07) is 0. The Morgan fingerprint density at radius 1 is 1.33 bits per heavy atom. The van der Waals surface area contributed by atoms with Gasteiger partial charge in [0.25, 0.3) is 0 Å². The maximum atomic E-state index is 10.8. The molecule has 74 valence electrons. The SMILES string of the molecule is CCCC(C)CC(C)P(=O)(O)O. The average Bonchev–Trinajstić information content (AvgIpc) is 1.85. The van der Waals surface area contributed by atoms with Gasteiger partial charge in [0, 0.05) is 0 Å². The van der Waals surface area contributed by atoms with Gasteiger partial charge in [-0.3, -0.25) is 4.57 Å². The summed E-state index contributed by atoms with van der Waals surface area (Å²) >= 11 is 0. The minimum absolute atomic E-state index is 0.414. The topological polar surface area (TPSA) is 57.5 Å². The Labute approximate surface area is 74.3 Å². The Kier molecular flexibility index (Phi) is 5.07. The molecule has 0 rings (SSSR count). The van der Waals surface area contributed by atoms with Gasteiger partial charge >= 0.3 is 7.60 Å². The third-order valence-electron chi connectivity index (χ3n) is 2.10. The van der Waals surface area contributed by atoms with Crippen LogP contribution in [0.15, 0.2) is 0 Å². The van der Waals surface area contributed by atoms with Crippen molar-refractivity contribution in [1.29, 1.82) is 0 Å². The molecule has 0 aromatic carbocycles. The summed E-state index contributed by atoms with van der Waals surface area (Å²) in [6.45, 7) is 5.74. The quantitative estimate of drug-likeness (QED) is 0.660. The van der Waals surface area contributed by atoms with E-state index < -0.39 is 13.3 Å². The van der Waals surface area contributed by atoms with Crippen LogP contribution in [0.5, 0.6) is 0 Å². The summed E-state index contributed by atoms with van der Waals surface area (Å²) in [4.78, 5) is 17.6. The van der Waals surface area contributed by atoms with Crippen molar-refractivity contribution in [3.05, 3.63) is 0 Å². The predicted octanol–water partition coefficient (Wildman–Crippen LogP) is 2.38. The highest BCUT2D eigenvalue weighted by molar-refractivity contribution is 7.52. The summed E-state index contributed by atoms with van der Waals surface area (Å²) in [5, 5.41) is 0. The second-order valence-electron chi connectivity index (χ2n) is 3.57. The molecular weight excluding hydrogens is 175 g/mol. The molecule has 0 spiro atoms. The predicted molar refractivity (Wildman–Crippen MR) is 50.2 cm³/mol. The van der Waals surface area contributed by atoms with Crippen molar-refractivity contribution < 1.29 is 14.4 Å². The van der Waals surface area contributed by atoms with Crippen molar-refractivity contribution in [3.8, 4) is 0 Å². The van der Waals surface area contributed by atoms with E-state index in [-0.39, 0.29) is 0 Å². The maximum Gasteiger partial charge on any atom is 0.328 e. The molecule has 0 heterocycles. The highest BCUT2D eigenvalue weighted by Gasteiger charge is 2.24. The molecule has 2 unspecified atom stereocenters. The van der Waals surface area contributed by atoms with Crippen LogP contribution in [0.4, 0.5) is 0 Å². The molecule has 0 saturated heterocycles. The molecule has 0 aliphatic rings. The Balaban J connectivity index is 3.84. The Morgan fingerprint density at radius 3 is 2.17 bits per heavy atom. The molecule has 3 nitrogen and oxygen atoms in total. The van der Waals surface area contributed by atoms with Crippen LogP contribution in [0.1, 0.15) is 40.0 Å². The lowest BCUT2D eigenvalue weighted by molar-refractivity contribution is 0.346. The van der Waals surface area contributed by atoms with Crippen LogP contribution in [-0.4, -0.2) is 15.4 Å². The van der Waals surface area contributed by atoms with Crippen LogP contribution in [0, 0.1) is 5.92 Å². The molecule has 0 fully saturated rings. The van der Waals surface area contributed by atoms with Gasteiger partial charge in [0.1, 0.15) is 0 Å². The summed E-state index contributed by atoms with van der Waals surface area (Å²) < 4.78 is 10.8. The molecule has 2 N–H and O–H groups in total. The van der Waals surface area contributed by atoms with Crippen molar-refractivity contribution in [3.63, 3.8) is 0 Å². The first-order valence-corrected chi connectivity index (χ1v) is 6.11. The normalized spacial score (nSPS) is 17.4. The van der Waals surface area contributed by atoms with Gasteiger partial charge in [0.15, 0.2) is 0 Å². The highest BCUT2D eigenvalue weighted by atomic mass is 31.2. The van der Waals surface area contributed by atoms with E-state index in [2.05, 4.69) is 6.92 Å². The molecule has 0 aliphatic carbocycles. The first-order valence-electron chi connectivity index (χ1n) is 4.43. The van der Waals surface area contributed by atoms with Crippen LogP contribution in [-0.2, 0) is 4.57 Å². The fourth-order valence-electron chi connectivity index (χ4n) is 1.33. The summed E-state index contributed by atoms with van der Waals surface area (Å²) in [6.07, 6.45) is 2.75. The molecule has 0 bridgehead atoms. The molecule has 4 heteroatoms. The largest absolute Gasteiger partial charge is 0.328 e. The van der Waals surface area contributed by atoms with Gasteiger partial charge in [-0.2, -0.15) is 0 Å². The molecular formula is C8H19O3P. The minimum Gasteiger partial charge on any atom is -0.324 e. The molecule has 0 amide bonds. The fourth-order valence-corrected chi connectivity index (χ4v) is 1.96. The Bertz CT molecular complexity index is 164. The van der Waals surface area contributed by atoms with Crippen LogP contribution < -0.4 is 0 Å². The molecule has 12 heavy (non-hydrogen) atoms. The lowest BCUT2D eigenvalue weighted by Crippen LogP contribution is -2.08. The van der Waals surface area contributed by atoms with E-state index in [4.69, 9.17) is 9.79 Å². The minimum atomic E-state index is -3.83. The second kappa shape index (κ2) is 5.00. The summed E-state index contributed by atoms with van der Waals surface area (Å²) in [5.41, 5.74) is -0.487. The molecule has 0 saturated carbocycles. The summed E-state index contributed by atoms with van der Waals surface area (Å²) in [7, 11) is -3.83. The van der Waals surface area contributed by atoms with Crippen molar-refractivity contribution in [1.82, 2.24) is 0 Å². The van der Waals surface area contributed by atoms with E-state index in [1.54, 1.807) is 6.92 Å². The highest BCUT2D eigenvalue weighted by Crippen LogP contribution is 2.44. The smallest absolute Gasteiger partial charge is 0.324 e. The second-order valence-corrected chi connectivity index (χ2v) is 5.63. The van der Waals surface area contributed by atoms with Gasteiger partial charge in [-0.1, -0.05) is 33.6 Å². The van der Waals surface area contributed by atoms with E-state index >= 15 is 0 Å². The molecule has 0 aromatic heterocycles. The van der Waals surface area contributed by atoms with Crippen LogP contribution in [0.3, 0.4) is 0 Å². The fraction of sp³-hybridized carbons (Fsp3) is 1.00. The lowest BCUT2D eigenvalue weighted by Gasteiger charge is -2.17. The Hall–Kier alpha value is 0.150. The zero-order valence-corrected chi connectivity index (χ0v) is 8.92. The van der Waals surface area contributed by atoms with E-state index in [0.717, 1.165) is 12.8 Å². The number of rotatable bonds is 5. The third-order valence-corrected chi connectivity index (χ3v) is 3.46.